The van der Waals surface area contributed by atoms with E-state index in [9.17, 15) is 18.3 Å². The van der Waals surface area contributed by atoms with Crippen molar-refractivity contribution in [1.82, 2.24) is 4.90 Å². The molecule has 0 amide bonds. The first-order valence-electron chi connectivity index (χ1n) is 6.30. The second-order valence-corrected chi connectivity index (χ2v) is 5.01. The summed E-state index contributed by atoms with van der Waals surface area (Å²) >= 11 is 0. The summed E-state index contributed by atoms with van der Waals surface area (Å²) in [7, 11) is 3.26. The van der Waals surface area contributed by atoms with E-state index >= 15 is 0 Å². The third-order valence-electron chi connectivity index (χ3n) is 3.63. The molecule has 6 heteroatoms. The number of hydrogen-bond acceptors (Lipinski definition) is 3. The molecule has 0 radical (unpaired) electrons. The van der Waals surface area contributed by atoms with E-state index in [1.54, 1.807) is 19.1 Å². The van der Waals surface area contributed by atoms with Gasteiger partial charge in [0, 0.05) is 26.3 Å². The standard InChI is InChI=1S/C12H22F3NO2/c1-16(6-3-7-18-2)11-8-9(17)4-5-10(11)12(13,14)15/h9-11,17H,3-8H2,1-2H3. The van der Waals surface area contributed by atoms with Gasteiger partial charge >= 0.3 is 6.18 Å². The second-order valence-electron chi connectivity index (χ2n) is 5.01. The van der Waals surface area contributed by atoms with Crippen LogP contribution in [-0.4, -0.2) is 55.6 Å². The van der Waals surface area contributed by atoms with Crippen LogP contribution in [0.25, 0.3) is 0 Å². The first-order valence-corrected chi connectivity index (χ1v) is 6.30. The average Bonchev–Trinajstić information content (AvgIpc) is 2.27. The Labute approximate surface area is 106 Å². The van der Waals surface area contributed by atoms with Gasteiger partial charge in [-0.1, -0.05) is 0 Å². The first kappa shape index (κ1) is 15.7. The lowest BCUT2D eigenvalue weighted by Gasteiger charge is -2.40. The molecule has 18 heavy (non-hydrogen) atoms. The molecule has 1 aliphatic carbocycles. The van der Waals surface area contributed by atoms with Gasteiger partial charge in [-0.25, -0.2) is 0 Å². The minimum absolute atomic E-state index is 0.0178. The topological polar surface area (TPSA) is 32.7 Å². The minimum atomic E-state index is -4.18. The Morgan fingerprint density at radius 1 is 1.33 bits per heavy atom. The highest BCUT2D eigenvalue weighted by atomic mass is 19.4. The van der Waals surface area contributed by atoms with Crippen LogP contribution in [0.2, 0.25) is 0 Å². The zero-order valence-electron chi connectivity index (χ0n) is 10.9. The Kier molecular flexibility index (Phi) is 5.88. The number of ether oxygens (including phenoxy) is 1. The van der Waals surface area contributed by atoms with Crippen LogP contribution in [0.1, 0.15) is 25.7 Å². The summed E-state index contributed by atoms with van der Waals surface area (Å²) in [5, 5.41) is 9.56. The van der Waals surface area contributed by atoms with Gasteiger partial charge in [-0.05, 0) is 32.7 Å². The van der Waals surface area contributed by atoms with Crippen molar-refractivity contribution in [3.63, 3.8) is 0 Å². The Bertz CT molecular complexity index is 248. The second kappa shape index (κ2) is 6.73. The number of aliphatic hydroxyl groups excluding tert-OH is 1. The number of aliphatic hydroxyl groups is 1. The van der Waals surface area contributed by atoms with Crippen LogP contribution in [0.15, 0.2) is 0 Å². The van der Waals surface area contributed by atoms with E-state index in [4.69, 9.17) is 4.74 Å². The maximum atomic E-state index is 12.9. The lowest BCUT2D eigenvalue weighted by molar-refractivity contribution is -0.203. The molecule has 0 bridgehead atoms. The quantitative estimate of drug-likeness (QED) is 0.775. The molecule has 0 saturated heterocycles. The van der Waals surface area contributed by atoms with Crippen molar-refractivity contribution in [2.24, 2.45) is 5.92 Å². The third kappa shape index (κ3) is 4.40. The molecular formula is C12H22F3NO2. The maximum absolute atomic E-state index is 12.9. The fourth-order valence-corrected chi connectivity index (χ4v) is 2.62. The van der Waals surface area contributed by atoms with E-state index in [0.29, 0.717) is 19.6 Å². The molecule has 1 saturated carbocycles. The summed E-state index contributed by atoms with van der Waals surface area (Å²) in [5.41, 5.74) is 0. The Morgan fingerprint density at radius 3 is 2.56 bits per heavy atom. The van der Waals surface area contributed by atoms with Crippen LogP contribution in [-0.2, 0) is 4.74 Å². The highest BCUT2D eigenvalue weighted by Gasteiger charge is 2.48. The van der Waals surface area contributed by atoms with Gasteiger partial charge in [-0.2, -0.15) is 13.2 Å². The smallest absolute Gasteiger partial charge is 0.393 e. The van der Waals surface area contributed by atoms with E-state index in [-0.39, 0.29) is 19.3 Å². The molecule has 3 unspecified atom stereocenters. The molecule has 1 fully saturated rings. The van der Waals surface area contributed by atoms with Crippen molar-refractivity contribution in [3.05, 3.63) is 0 Å². The van der Waals surface area contributed by atoms with E-state index in [1.165, 1.54) is 0 Å². The van der Waals surface area contributed by atoms with Crippen LogP contribution < -0.4 is 0 Å². The van der Waals surface area contributed by atoms with Gasteiger partial charge in [0.2, 0.25) is 0 Å². The van der Waals surface area contributed by atoms with Crippen molar-refractivity contribution in [1.29, 1.82) is 0 Å². The fraction of sp³-hybridized carbons (Fsp3) is 1.00. The summed E-state index contributed by atoms with van der Waals surface area (Å²) in [5.74, 6) is -1.33. The van der Waals surface area contributed by atoms with E-state index in [2.05, 4.69) is 0 Å². The van der Waals surface area contributed by atoms with Crippen LogP contribution in [0.4, 0.5) is 13.2 Å². The molecule has 1 aliphatic rings. The van der Waals surface area contributed by atoms with Gasteiger partial charge in [-0.3, -0.25) is 0 Å². The van der Waals surface area contributed by atoms with Crippen LogP contribution in [0.5, 0.6) is 0 Å². The molecule has 0 heterocycles. The molecule has 0 aliphatic heterocycles. The molecule has 1 rings (SSSR count). The summed E-state index contributed by atoms with van der Waals surface area (Å²) in [6.45, 7) is 1.09. The Balaban J connectivity index is 2.60. The number of alkyl halides is 3. The highest BCUT2D eigenvalue weighted by molar-refractivity contribution is 4.89. The Hall–Kier alpha value is -0.330. The maximum Gasteiger partial charge on any atom is 0.393 e. The predicted molar refractivity (Wildman–Crippen MR) is 62.3 cm³/mol. The normalized spacial score (nSPS) is 29.8. The van der Waals surface area contributed by atoms with E-state index in [1.807, 2.05) is 0 Å². The van der Waals surface area contributed by atoms with Crippen molar-refractivity contribution in [2.45, 2.75) is 44.0 Å². The van der Waals surface area contributed by atoms with E-state index < -0.39 is 24.2 Å². The van der Waals surface area contributed by atoms with E-state index in [0.717, 1.165) is 0 Å². The minimum Gasteiger partial charge on any atom is -0.393 e. The summed E-state index contributed by atoms with van der Waals surface area (Å²) in [6.07, 6.45) is -3.63. The largest absolute Gasteiger partial charge is 0.393 e. The predicted octanol–water partition coefficient (Wildman–Crippen LogP) is 2.05. The summed E-state index contributed by atoms with van der Waals surface area (Å²) in [4.78, 5) is 1.71. The molecule has 3 atom stereocenters. The van der Waals surface area contributed by atoms with Crippen molar-refractivity contribution in [2.75, 3.05) is 27.3 Å². The number of halogens is 3. The highest BCUT2D eigenvalue weighted by Crippen LogP contribution is 2.39. The molecule has 0 aromatic rings. The fourth-order valence-electron chi connectivity index (χ4n) is 2.62. The number of hydrogen-bond donors (Lipinski definition) is 1. The number of nitrogens with zero attached hydrogens (tertiary/aromatic N) is 1. The molecule has 0 aromatic heterocycles. The number of rotatable bonds is 5. The van der Waals surface area contributed by atoms with Gasteiger partial charge < -0.3 is 14.7 Å². The molecule has 108 valence electrons. The van der Waals surface area contributed by atoms with Crippen LogP contribution in [0, 0.1) is 5.92 Å². The first-order chi connectivity index (χ1) is 8.36. The van der Waals surface area contributed by atoms with Crippen LogP contribution >= 0.6 is 0 Å². The molecule has 3 nitrogen and oxygen atoms in total. The molecule has 1 N–H and O–H groups in total. The lowest BCUT2D eigenvalue weighted by Crippen LogP contribution is -2.49. The van der Waals surface area contributed by atoms with Crippen molar-refractivity contribution < 1.29 is 23.0 Å². The third-order valence-corrected chi connectivity index (χ3v) is 3.63. The van der Waals surface area contributed by atoms with Gasteiger partial charge in [0.25, 0.3) is 0 Å². The summed E-state index contributed by atoms with van der Waals surface area (Å²) < 4.78 is 43.7. The number of methoxy groups -OCH3 is 1. The zero-order valence-corrected chi connectivity index (χ0v) is 10.9. The zero-order chi connectivity index (χ0) is 13.8. The van der Waals surface area contributed by atoms with Crippen molar-refractivity contribution >= 4 is 0 Å². The Morgan fingerprint density at radius 2 is 2.00 bits per heavy atom. The van der Waals surface area contributed by atoms with Gasteiger partial charge in [0.05, 0.1) is 12.0 Å². The SMILES string of the molecule is COCCCN(C)C1CC(O)CCC1C(F)(F)F. The molecule has 0 aromatic carbocycles. The van der Waals surface area contributed by atoms with Gasteiger partial charge in [0.1, 0.15) is 0 Å². The van der Waals surface area contributed by atoms with Crippen molar-refractivity contribution in [3.8, 4) is 0 Å². The van der Waals surface area contributed by atoms with Gasteiger partial charge in [-0.15, -0.1) is 0 Å². The molecular weight excluding hydrogens is 247 g/mol. The monoisotopic (exact) mass is 269 g/mol. The van der Waals surface area contributed by atoms with Crippen LogP contribution in [0.3, 0.4) is 0 Å². The van der Waals surface area contributed by atoms with Gasteiger partial charge in [0.15, 0.2) is 0 Å². The molecule has 0 spiro atoms. The summed E-state index contributed by atoms with van der Waals surface area (Å²) in [6, 6.07) is -0.620. The lowest BCUT2D eigenvalue weighted by atomic mass is 9.81. The average molecular weight is 269 g/mol.